The van der Waals surface area contributed by atoms with Crippen LogP contribution in [0.1, 0.15) is 0 Å². The van der Waals surface area contributed by atoms with E-state index >= 15 is 0 Å². The smallest absolute Gasteiger partial charge is 0.164 e. The fourth-order valence-corrected chi connectivity index (χ4v) is 6.61. The van der Waals surface area contributed by atoms with Gasteiger partial charge in [-0.2, -0.15) is 0 Å². The summed E-state index contributed by atoms with van der Waals surface area (Å²) in [4.78, 5) is 14.9. The van der Waals surface area contributed by atoms with E-state index < -0.39 is 0 Å². The number of benzene rings is 7. The maximum Gasteiger partial charge on any atom is 0.164 e. The summed E-state index contributed by atoms with van der Waals surface area (Å²) >= 11 is 0. The van der Waals surface area contributed by atoms with Crippen molar-refractivity contribution in [2.45, 2.75) is 0 Å². The van der Waals surface area contributed by atoms with Gasteiger partial charge in [-0.3, -0.25) is 0 Å². The van der Waals surface area contributed by atoms with Crippen LogP contribution in [0, 0.1) is 0 Å². The predicted octanol–water partition coefficient (Wildman–Crippen LogP) is 11.8. The lowest BCUT2D eigenvalue weighted by Gasteiger charge is -2.17. The molecule has 0 spiro atoms. The lowest BCUT2D eigenvalue weighted by atomic mass is 9.87. The Morgan fingerprint density at radius 3 is 1.43 bits per heavy atom. The van der Waals surface area contributed by atoms with E-state index in [2.05, 4.69) is 103 Å². The monoisotopic (exact) mass is 627 g/mol. The third kappa shape index (κ3) is 5.35. The Kier molecular flexibility index (Phi) is 7.10. The van der Waals surface area contributed by atoms with Crippen molar-refractivity contribution >= 4 is 21.9 Å². The van der Waals surface area contributed by atoms with Gasteiger partial charge < -0.3 is 4.42 Å². The molecule has 7 aromatic carbocycles. The van der Waals surface area contributed by atoms with Crippen molar-refractivity contribution in [3.8, 4) is 67.5 Å². The van der Waals surface area contributed by atoms with Crippen LogP contribution in [0.15, 0.2) is 180 Å². The first-order chi connectivity index (χ1) is 24.3. The zero-order valence-electron chi connectivity index (χ0n) is 26.5. The SMILES string of the molecule is c1ccc(-c2nc(-c3ccccc3)nc(-c3cccc(-c4cccc(-c5ccc6oc7ccccc7c6c5)c4-c4ccccc4)c3)n2)cc1. The molecule has 0 saturated heterocycles. The van der Waals surface area contributed by atoms with E-state index in [-0.39, 0.29) is 0 Å². The molecule has 49 heavy (non-hydrogen) atoms. The second-order valence-corrected chi connectivity index (χ2v) is 12.0. The average Bonchev–Trinajstić information content (AvgIpc) is 3.56. The highest BCUT2D eigenvalue weighted by atomic mass is 16.3. The van der Waals surface area contributed by atoms with Crippen molar-refractivity contribution in [2.75, 3.05) is 0 Å². The minimum Gasteiger partial charge on any atom is -0.456 e. The zero-order chi connectivity index (χ0) is 32.6. The van der Waals surface area contributed by atoms with E-state index in [0.717, 1.165) is 72.0 Å². The summed E-state index contributed by atoms with van der Waals surface area (Å²) in [5.41, 5.74) is 11.4. The molecule has 0 aliphatic carbocycles. The molecule has 0 aliphatic heterocycles. The van der Waals surface area contributed by atoms with Gasteiger partial charge in [-0.05, 0) is 57.6 Å². The highest BCUT2D eigenvalue weighted by Gasteiger charge is 2.18. The van der Waals surface area contributed by atoms with Gasteiger partial charge in [0.05, 0.1) is 0 Å². The molecule has 0 radical (unpaired) electrons. The van der Waals surface area contributed by atoms with Crippen LogP contribution in [-0.2, 0) is 0 Å². The van der Waals surface area contributed by atoms with Gasteiger partial charge in [0.25, 0.3) is 0 Å². The summed E-state index contributed by atoms with van der Waals surface area (Å²) in [5.74, 6) is 1.91. The number of hydrogen-bond donors (Lipinski definition) is 0. The van der Waals surface area contributed by atoms with Crippen molar-refractivity contribution in [3.63, 3.8) is 0 Å². The quantitative estimate of drug-likeness (QED) is 0.184. The minimum absolute atomic E-state index is 0.629. The first kappa shape index (κ1) is 28.6. The van der Waals surface area contributed by atoms with Crippen LogP contribution in [0.5, 0.6) is 0 Å². The standard InChI is InChI=1S/C45H29N3O/c1-4-14-30(15-5-1)42-36(23-13-24-37(42)34-26-27-41-39(29-34)38-22-10-11-25-40(38)49-41)33-20-12-21-35(28-33)45-47-43(31-16-6-2-7-17-31)46-44(48-45)32-18-8-3-9-19-32/h1-29H. The molecule has 2 heterocycles. The molecule has 0 fully saturated rings. The molecule has 0 N–H and O–H groups in total. The summed E-state index contributed by atoms with van der Waals surface area (Å²) in [6.07, 6.45) is 0. The van der Waals surface area contributed by atoms with Crippen LogP contribution in [-0.4, -0.2) is 15.0 Å². The molecule has 0 bridgehead atoms. The Morgan fingerprint density at radius 1 is 0.306 bits per heavy atom. The Morgan fingerprint density at radius 2 is 0.776 bits per heavy atom. The van der Waals surface area contributed by atoms with Crippen LogP contribution in [0.4, 0.5) is 0 Å². The molecule has 0 amide bonds. The van der Waals surface area contributed by atoms with E-state index in [1.165, 1.54) is 0 Å². The van der Waals surface area contributed by atoms with Crippen molar-refractivity contribution < 1.29 is 4.42 Å². The second kappa shape index (κ2) is 12.2. The molecule has 9 aromatic rings. The molecule has 2 aromatic heterocycles. The summed E-state index contributed by atoms with van der Waals surface area (Å²) in [5, 5.41) is 2.23. The third-order valence-electron chi connectivity index (χ3n) is 8.95. The Hall–Kier alpha value is -6.65. The molecular weight excluding hydrogens is 599 g/mol. The van der Waals surface area contributed by atoms with Crippen molar-refractivity contribution in [1.82, 2.24) is 15.0 Å². The van der Waals surface area contributed by atoms with Gasteiger partial charge in [0.1, 0.15) is 11.2 Å². The number of rotatable bonds is 6. The molecule has 0 saturated carbocycles. The highest BCUT2D eigenvalue weighted by Crippen LogP contribution is 2.42. The van der Waals surface area contributed by atoms with Gasteiger partial charge in [0.15, 0.2) is 17.5 Å². The summed E-state index contributed by atoms with van der Waals surface area (Å²) in [7, 11) is 0. The van der Waals surface area contributed by atoms with Crippen molar-refractivity contribution in [3.05, 3.63) is 176 Å². The zero-order valence-corrected chi connectivity index (χ0v) is 26.5. The van der Waals surface area contributed by atoms with Gasteiger partial charge in [0.2, 0.25) is 0 Å². The van der Waals surface area contributed by atoms with Crippen LogP contribution in [0.25, 0.3) is 89.5 Å². The number of hydrogen-bond acceptors (Lipinski definition) is 4. The number of nitrogens with zero attached hydrogens (tertiary/aromatic N) is 3. The van der Waals surface area contributed by atoms with E-state index in [9.17, 15) is 0 Å². The summed E-state index contributed by atoms with van der Waals surface area (Å²) in [6.45, 7) is 0. The lowest BCUT2D eigenvalue weighted by Crippen LogP contribution is -2.00. The van der Waals surface area contributed by atoms with E-state index in [4.69, 9.17) is 19.4 Å². The topological polar surface area (TPSA) is 51.8 Å². The normalized spacial score (nSPS) is 11.3. The minimum atomic E-state index is 0.629. The summed E-state index contributed by atoms with van der Waals surface area (Å²) in [6, 6.07) is 60.6. The Bertz CT molecular complexity index is 2540. The van der Waals surface area contributed by atoms with Crippen LogP contribution >= 0.6 is 0 Å². The molecule has 4 heteroatoms. The fourth-order valence-electron chi connectivity index (χ4n) is 6.61. The number of furan rings is 1. The lowest BCUT2D eigenvalue weighted by molar-refractivity contribution is 0.669. The van der Waals surface area contributed by atoms with Gasteiger partial charge in [-0.1, -0.05) is 152 Å². The second-order valence-electron chi connectivity index (χ2n) is 12.0. The first-order valence-corrected chi connectivity index (χ1v) is 16.4. The third-order valence-corrected chi connectivity index (χ3v) is 8.95. The molecule has 230 valence electrons. The fraction of sp³-hybridized carbons (Fsp3) is 0. The van der Waals surface area contributed by atoms with Crippen LogP contribution < -0.4 is 0 Å². The number of aromatic nitrogens is 3. The van der Waals surface area contributed by atoms with Crippen molar-refractivity contribution in [1.29, 1.82) is 0 Å². The van der Waals surface area contributed by atoms with Gasteiger partial charge in [-0.25, -0.2) is 15.0 Å². The van der Waals surface area contributed by atoms with Crippen molar-refractivity contribution in [2.24, 2.45) is 0 Å². The maximum atomic E-state index is 6.16. The largest absolute Gasteiger partial charge is 0.456 e. The van der Waals surface area contributed by atoms with Gasteiger partial charge in [-0.15, -0.1) is 0 Å². The molecule has 9 rings (SSSR count). The Labute approximate surface area is 284 Å². The van der Waals surface area contributed by atoms with E-state index in [1.807, 2.05) is 72.8 Å². The van der Waals surface area contributed by atoms with Crippen LogP contribution in [0.3, 0.4) is 0 Å². The van der Waals surface area contributed by atoms with E-state index in [1.54, 1.807) is 0 Å². The molecule has 4 nitrogen and oxygen atoms in total. The molecule has 0 unspecified atom stereocenters. The molecule has 0 atom stereocenters. The van der Waals surface area contributed by atoms with E-state index in [0.29, 0.717) is 17.5 Å². The van der Waals surface area contributed by atoms with Gasteiger partial charge >= 0.3 is 0 Å². The molecular formula is C45H29N3O. The van der Waals surface area contributed by atoms with Crippen LogP contribution in [0.2, 0.25) is 0 Å². The maximum absolute atomic E-state index is 6.16. The first-order valence-electron chi connectivity index (χ1n) is 16.4. The molecule has 0 aliphatic rings. The summed E-state index contributed by atoms with van der Waals surface area (Å²) < 4.78 is 6.16. The number of para-hydroxylation sites is 1. The number of fused-ring (bicyclic) bond motifs is 3. The van der Waals surface area contributed by atoms with Gasteiger partial charge in [0, 0.05) is 27.5 Å². The highest BCUT2D eigenvalue weighted by molar-refractivity contribution is 6.07. The average molecular weight is 628 g/mol. The Balaban J connectivity index is 1.22. The predicted molar refractivity (Wildman–Crippen MR) is 200 cm³/mol.